The van der Waals surface area contributed by atoms with Gasteiger partial charge in [-0.05, 0) is 51.2 Å². The van der Waals surface area contributed by atoms with Crippen molar-refractivity contribution in [3.63, 3.8) is 0 Å². The number of hydrogen-bond donors (Lipinski definition) is 1. The third kappa shape index (κ3) is 2.86. The van der Waals surface area contributed by atoms with Crippen molar-refractivity contribution in [3.8, 4) is 5.75 Å². The summed E-state index contributed by atoms with van der Waals surface area (Å²) in [6.45, 7) is 6.63. The predicted octanol–water partition coefficient (Wildman–Crippen LogP) is 3.84. The fourth-order valence-electron chi connectivity index (χ4n) is 2.74. The molecule has 0 heterocycles. The molecule has 1 aromatic carbocycles. The van der Waals surface area contributed by atoms with Crippen LogP contribution in [0.15, 0.2) is 18.2 Å². The molecule has 0 aromatic heterocycles. The van der Waals surface area contributed by atoms with Crippen molar-refractivity contribution in [1.82, 2.24) is 5.32 Å². The molecule has 1 aliphatic rings. The largest absolute Gasteiger partial charge is 0.496 e. The molecule has 0 aliphatic heterocycles. The maximum absolute atomic E-state index is 5.49. The van der Waals surface area contributed by atoms with E-state index in [2.05, 4.69) is 44.3 Å². The van der Waals surface area contributed by atoms with Crippen LogP contribution in [0.5, 0.6) is 5.75 Å². The molecule has 2 heteroatoms. The fraction of sp³-hybridized carbons (Fsp3) is 0.625. The normalized spacial score (nSPS) is 19.1. The summed E-state index contributed by atoms with van der Waals surface area (Å²) in [7, 11) is 1.75. The van der Waals surface area contributed by atoms with Crippen LogP contribution in [0.2, 0.25) is 0 Å². The van der Waals surface area contributed by atoms with E-state index in [0.717, 1.165) is 11.7 Å². The maximum Gasteiger partial charge on any atom is 0.123 e. The van der Waals surface area contributed by atoms with Crippen molar-refractivity contribution in [3.05, 3.63) is 29.3 Å². The van der Waals surface area contributed by atoms with E-state index in [1.807, 2.05) is 0 Å². The van der Waals surface area contributed by atoms with Gasteiger partial charge >= 0.3 is 0 Å². The predicted molar refractivity (Wildman–Crippen MR) is 76.1 cm³/mol. The molecule has 0 saturated heterocycles. The SMILES string of the molecule is COc1cc(C)ccc1C(C)NC(C)C1CCC1. The van der Waals surface area contributed by atoms with Gasteiger partial charge in [0.25, 0.3) is 0 Å². The van der Waals surface area contributed by atoms with Crippen molar-refractivity contribution >= 4 is 0 Å². The zero-order valence-electron chi connectivity index (χ0n) is 12.0. The number of aryl methyl sites for hydroxylation is 1. The molecule has 1 N–H and O–H groups in total. The number of ether oxygens (including phenoxy) is 1. The van der Waals surface area contributed by atoms with Gasteiger partial charge < -0.3 is 10.1 Å². The number of nitrogens with one attached hydrogen (secondary N) is 1. The molecule has 2 atom stereocenters. The average Bonchev–Trinajstić information content (AvgIpc) is 2.25. The number of methoxy groups -OCH3 is 1. The van der Waals surface area contributed by atoms with Crippen molar-refractivity contribution in [2.24, 2.45) is 5.92 Å². The summed E-state index contributed by atoms with van der Waals surface area (Å²) in [6, 6.07) is 7.39. The van der Waals surface area contributed by atoms with Crippen LogP contribution in [-0.2, 0) is 0 Å². The molecule has 2 rings (SSSR count). The molecule has 2 nitrogen and oxygen atoms in total. The Hall–Kier alpha value is -1.02. The van der Waals surface area contributed by atoms with Crippen molar-refractivity contribution in [2.75, 3.05) is 7.11 Å². The van der Waals surface area contributed by atoms with Crippen molar-refractivity contribution in [2.45, 2.75) is 52.1 Å². The molecule has 0 spiro atoms. The summed E-state index contributed by atoms with van der Waals surface area (Å²) in [5.41, 5.74) is 2.50. The Morgan fingerprint density at radius 3 is 2.56 bits per heavy atom. The van der Waals surface area contributed by atoms with Crippen LogP contribution in [0.1, 0.15) is 50.3 Å². The van der Waals surface area contributed by atoms with Gasteiger partial charge in [-0.1, -0.05) is 18.6 Å². The van der Waals surface area contributed by atoms with Gasteiger partial charge in [-0.2, -0.15) is 0 Å². The Morgan fingerprint density at radius 2 is 2.00 bits per heavy atom. The second-order valence-corrected chi connectivity index (χ2v) is 5.61. The van der Waals surface area contributed by atoms with E-state index >= 15 is 0 Å². The molecule has 0 bridgehead atoms. The van der Waals surface area contributed by atoms with Gasteiger partial charge in [-0.3, -0.25) is 0 Å². The molecule has 1 fully saturated rings. The first-order valence-corrected chi connectivity index (χ1v) is 7.02. The Kier molecular flexibility index (Phi) is 4.28. The van der Waals surface area contributed by atoms with Crippen molar-refractivity contribution < 1.29 is 4.74 Å². The number of hydrogen-bond acceptors (Lipinski definition) is 2. The molecule has 0 amide bonds. The molecule has 1 saturated carbocycles. The van der Waals surface area contributed by atoms with E-state index < -0.39 is 0 Å². The van der Waals surface area contributed by atoms with E-state index in [9.17, 15) is 0 Å². The summed E-state index contributed by atoms with van der Waals surface area (Å²) < 4.78 is 5.49. The van der Waals surface area contributed by atoms with Gasteiger partial charge in [0.05, 0.1) is 7.11 Å². The summed E-state index contributed by atoms with van der Waals surface area (Å²) >= 11 is 0. The maximum atomic E-state index is 5.49. The molecule has 0 radical (unpaired) electrons. The van der Waals surface area contributed by atoms with Gasteiger partial charge in [0.1, 0.15) is 5.75 Å². The topological polar surface area (TPSA) is 21.3 Å². The minimum Gasteiger partial charge on any atom is -0.496 e. The lowest BCUT2D eigenvalue weighted by atomic mass is 9.80. The summed E-state index contributed by atoms with van der Waals surface area (Å²) in [5.74, 6) is 1.86. The zero-order valence-corrected chi connectivity index (χ0v) is 12.0. The second kappa shape index (κ2) is 5.75. The van der Waals surface area contributed by atoms with Crippen LogP contribution in [0, 0.1) is 12.8 Å². The average molecular weight is 247 g/mol. The monoisotopic (exact) mass is 247 g/mol. The van der Waals surface area contributed by atoms with Gasteiger partial charge in [-0.15, -0.1) is 0 Å². The van der Waals surface area contributed by atoms with Gasteiger partial charge in [0, 0.05) is 17.6 Å². The first kappa shape index (κ1) is 13.4. The van der Waals surface area contributed by atoms with Gasteiger partial charge in [-0.25, -0.2) is 0 Å². The molecular formula is C16H25NO. The second-order valence-electron chi connectivity index (χ2n) is 5.61. The number of rotatable bonds is 5. The van der Waals surface area contributed by atoms with Crippen LogP contribution >= 0.6 is 0 Å². The first-order valence-electron chi connectivity index (χ1n) is 7.02. The standard InChI is InChI=1S/C16H25NO/c1-11-8-9-15(16(10-11)18-4)13(3)17-12(2)14-6-5-7-14/h8-10,12-14,17H,5-7H2,1-4H3. The molecule has 1 aromatic rings. The van der Waals surface area contributed by atoms with E-state index in [0.29, 0.717) is 12.1 Å². The first-order chi connectivity index (χ1) is 8.61. The summed E-state index contributed by atoms with van der Waals surface area (Å²) in [5, 5.41) is 3.71. The minimum absolute atomic E-state index is 0.344. The van der Waals surface area contributed by atoms with Gasteiger partial charge in [0.2, 0.25) is 0 Å². The Balaban J connectivity index is 2.05. The van der Waals surface area contributed by atoms with Crippen LogP contribution in [0.3, 0.4) is 0 Å². The van der Waals surface area contributed by atoms with Crippen LogP contribution < -0.4 is 10.1 Å². The molecule has 1 aliphatic carbocycles. The van der Waals surface area contributed by atoms with E-state index in [1.54, 1.807) is 7.11 Å². The highest BCUT2D eigenvalue weighted by molar-refractivity contribution is 5.39. The Morgan fingerprint density at radius 1 is 1.28 bits per heavy atom. The van der Waals surface area contributed by atoms with Crippen LogP contribution in [-0.4, -0.2) is 13.2 Å². The smallest absolute Gasteiger partial charge is 0.123 e. The fourth-order valence-corrected chi connectivity index (χ4v) is 2.74. The van der Waals surface area contributed by atoms with E-state index in [-0.39, 0.29) is 0 Å². The van der Waals surface area contributed by atoms with Crippen molar-refractivity contribution in [1.29, 1.82) is 0 Å². The highest BCUT2D eigenvalue weighted by Crippen LogP contribution is 2.32. The lowest BCUT2D eigenvalue weighted by molar-refractivity contribution is 0.229. The molecule has 100 valence electrons. The van der Waals surface area contributed by atoms with E-state index in [4.69, 9.17) is 4.74 Å². The zero-order chi connectivity index (χ0) is 13.1. The lowest BCUT2D eigenvalue weighted by Crippen LogP contribution is -2.38. The molecule has 18 heavy (non-hydrogen) atoms. The minimum atomic E-state index is 0.344. The molecular weight excluding hydrogens is 222 g/mol. The summed E-state index contributed by atoms with van der Waals surface area (Å²) in [6.07, 6.45) is 4.16. The highest BCUT2D eigenvalue weighted by atomic mass is 16.5. The van der Waals surface area contributed by atoms with Crippen LogP contribution in [0.25, 0.3) is 0 Å². The highest BCUT2D eigenvalue weighted by Gasteiger charge is 2.25. The summed E-state index contributed by atoms with van der Waals surface area (Å²) in [4.78, 5) is 0. The Bertz CT molecular complexity index is 398. The third-order valence-corrected chi connectivity index (χ3v) is 4.23. The van der Waals surface area contributed by atoms with Crippen LogP contribution in [0.4, 0.5) is 0 Å². The number of benzene rings is 1. The van der Waals surface area contributed by atoms with Gasteiger partial charge in [0.15, 0.2) is 0 Å². The molecule has 2 unspecified atom stereocenters. The quantitative estimate of drug-likeness (QED) is 0.853. The third-order valence-electron chi connectivity index (χ3n) is 4.23. The van der Waals surface area contributed by atoms with E-state index in [1.165, 1.54) is 30.4 Å². The Labute approximate surface area is 111 Å². The lowest BCUT2D eigenvalue weighted by Gasteiger charge is -2.34.